The second-order valence-electron chi connectivity index (χ2n) is 6.07. The lowest BCUT2D eigenvalue weighted by atomic mass is 9.94. The maximum absolute atomic E-state index is 12.5. The molecule has 0 aliphatic carbocycles. The molecule has 0 radical (unpaired) electrons. The van der Waals surface area contributed by atoms with E-state index in [2.05, 4.69) is 15.0 Å². The van der Waals surface area contributed by atoms with E-state index in [0.717, 1.165) is 49.4 Å². The molecule has 0 saturated carbocycles. The van der Waals surface area contributed by atoms with Crippen LogP contribution in [0.15, 0.2) is 36.8 Å². The van der Waals surface area contributed by atoms with Crippen LogP contribution in [0.3, 0.4) is 0 Å². The van der Waals surface area contributed by atoms with Crippen molar-refractivity contribution in [2.24, 2.45) is 0 Å². The van der Waals surface area contributed by atoms with Crippen LogP contribution in [-0.4, -0.2) is 38.8 Å². The number of nitrogens with zero attached hydrogens (tertiary/aromatic N) is 4. The summed E-state index contributed by atoms with van der Waals surface area (Å²) in [7, 11) is 0. The molecule has 1 atom stereocenters. The van der Waals surface area contributed by atoms with E-state index in [0.29, 0.717) is 12.3 Å². The lowest BCUT2D eigenvalue weighted by Crippen LogP contribution is -2.39. The van der Waals surface area contributed by atoms with Crippen LogP contribution in [0, 0.1) is 6.92 Å². The summed E-state index contributed by atoms with van der Waals surface area (Å²) in [6.45, 7) is 3.53. The first-order valence-electron chi connectivity index (χ1n) is 8.18. The number of piperidine rings is 1. The monoisotopic (exact) mass is 310 g/mol. The average molecular weight is 310 g/mol. The fourth-order valence-corrected chi connectivity index (χ4v) is 3.10. The van der Waals surface area contributed by atoms with E-state index in [1.807, 2.05) is 36.2 Å². The third-order valence-electron chi connectivity index (χ3n) is 4.34. The van der Waals surface area contributed by atoms with E-state index in [4.69, 9.17) is 0 Å². The van der Waals surface area contributed by atoms with Crippen molar-refractivity contribution in [3.05, 3.63) is 53.9 Å². The van der Waals surface area contributed by atoms with Gasteiger partial charge in [0.1, 0.15) is 5.82 Å². The van der Waals surface area contributed by atoms with Gasteiger partial charge in [0, 0.05) is 49.7 Å². The minimum Gasteiger partial charge on any atom is -0.342 e. The van der Waals surface area contributed by atoms with Crippen LogP contribution in [0.4, 0.5) is 0 Å². The Morgan fingerprint density at radius 1 is 1.35 bits per heavy atom. The van der Waals surface area contributed by atoms with Crippen molar-refractivity contribution in [1.82, 2.24) is 19.9 Å². The molecule has 5 nitrogen and oxygen atoms in total. The predicted molar refractivity (Wildman–Crippen MR) is 87.9 cm³/mol. The number of likely N-dealkylation sites (tertiary alicyclic amines) is 1. The van der Waals surface area contributed by atoms with E-state index in [9.17, 15) is 4.79 Å². The number of aromatic nitrogens is 3. The molecular formula is C18H22N4O. The Labute approximate surface area is 136 Å². The fourth-order valence-electron chi connectivity index (χ4n) is 3.10. The molecule has 3 heterocycles. The van der Waals surface area contributed by atoms with Gasteiger partial charge in [-0.1, -0.05) is 6.07 Å². The fraction of sp³-hybridized carbons (Fsp3) is 0.444. The van der Waals surface area contributed by atoms with E-state index in [-0.39, 0.29) is 5.91 Å². The van der Waals surface area contributed by atoms with Crippen molar-refractivity contribution < 1.29 is 4.79 Å². The van der Waals surface area contributed by atoms with E-state index >= 15 is 0 Å². The molecule has 2 aromatic heterocycles. The number of pyridine rings is 1. The highest BCUT2D eigenvalue weighted by molar-refractivity contribution is 5.76. The zero-order valence-corrected chi connectivity index (χ0v) is 13.5. The Morgan fingerprint density at radius 2 is 2.26 bits per heavy atom. The summed E-state index contributed by atoms with van der Waals surface area (Å²) in [6.07, 6.45) is 8.80. The van der Waals surface area contributed by atoms with Crippen LogP contribution < -0.4 is 0 Å². The Bertz CT molecular complexity index is 659. The van der Waals surface area contributed by atoms with Crippen molar-refractivity contribution in [2.45, 2.75) is 38.5 Å². The standard InChI is InChI=1S/C18H22N4O/c1-14-20-10-8-17(21-14)16-5-3-11-22(13-16)18(23)7-6-15-4-2-9-19-12-15/h2,4,8-10,12,16H,3,5-7,11,13H2,1H3/t16-/m0/s1. The lowest BCUT2D eigenvalue weighted by molar-refractivity contribution is -0.132. The van der Waals surface area contributed by atoms with E-state index in [1.54, 1.807) is 12.4 Å². The Balaban J connectivity index is 1.58. The highest BCUT2D eigenvalue weighted by atomic mass is 16.2. The largest absolute Gasteiger partial charge is 0.342 e. The zero-order chi connectivity index (χ0) is 16.1. The highest BCUT2D eigenvalue weighted by Gasteiger charge is 2.25. The number of carbonyl (C=O) groups excluding carboxylic acids is 1. The van der Waals surface area contributed by atoms with Crippen LogP contribution in [0.2, 0.25) is 0 Å². The van der Waals surface area contributed by atoms with Gasteiger partial charge in [-0.05, 0) is 43.9 Å². The third-order valence-corrected chi connectivity index (χ3v) is 4.34. The molecule has 0 N–H and O–H groups in total. The van der Waals surface area contributed by atoms with Crippen molar-refractivity contribution >= 4 is 5.91 Å². The molecule has 1 fully saturated rings. The predicted octanol–water partition coefficient (Wildman–Crippen LogP) is 2.52. The average Bonchev–Trinajstić information content (AvgIpc) is 2.61. The molecule has 0 unspecified atom stereocenters. The lowest BCUT2D eigenvalue weighted by Gasteiger charge is -2.32. The number of aryl methyl sites for hydroxylation is 2. The minimum absolute atomic E-state index is 0.226. The highest BCUT2D eigenvalue weighted by Crippen LogP contribution is 2.25. The van der Waals surface area contributed by atoms with Gasteiger partial charge < -0.3 is 4.90 Å². The molecule has 1 saturated heterocycles. The number of hydrogen-bond donors (Lipinski definition) is 0. The first-order chi connectivity index (χ1) is 11.2. The Kier molecular flexibility index (Phi) is 4.95. The van der Waals surface area contributed by atoms with Gasteiger partial charge >= 0.3 is 0 Å². The second-order valence-corrected chi connectivity index (χ2v) is 6.07. The number of carbonyl (C=O) groups is 1. The van der Waals surface area contributed by atoms with Crippen molar-refractivity contribution in [3.63, 3.8) is 0 Å². The SMILES string of the molecule is Cc1nccc([C@H]2CCCN(C(=O)CCc3cccnc3)C2)n1. The quantitative estimate of drug-likeness (QED) is 0.870. The molecule has 0 aromatic carbocycles. The molecule has 1 amide bonds. The topological polar surface area (TPSA) is 59.0 Å². The number of amides is 1. The first-order valence-corrected chi connectivity index (χ1v) is 8.18. The molecule has 1 aliphatic rings. The minimum atomic E-state index is 0.226. The van der Waals surface area contributed by atoms with Crippen molar-refractivity contribution in [2.75, 3.05) is 13.1 Å². The summed E-state index contributed by atoms with van der Waals surface area (Å²) in [4.78, 5) is 27.3. The molecule has 23 heavy (non-hydrogen) atoms. The normalized spacial score (nSPS) is 18.0. The smallest absolute Gasteiger partial charge is 0.222 e. The van der Waals surface area contributed by atoms with E-state index in [1.165, 1.54) is 0 Å². The second kappa shape index (κ2) is 7.31. The van der Waals surface area contributed by atoms with Crippen molar-refractivity contribution in [1.29, 1.82) is 0 Å². The van der Waals surface area contributed by atoms with Gasteiger partial charge in [0.25, 0.3) is 0 Å². The van der Waals surface area contributed by atoms with Gasteiger partial charge in [0.2, 0.25) is 5.91 Å². The zero-order valence-electron chi connectivity index (χ0n) is 13.5. The first kappa shape index (κ1) is 15.6. The summed E-state index contributed by atoms with van der Waals surface area (Å²) in [6, 6.07) is 5.90. The van der Waals surface area contributed by atoms with Gasteiger partial charge in [-0.15, -0.1) is 0 Å². The number of rotatable bonds is 4. The molecule has 0 spiro atoms. The Morgan fingerprint density at radius 3 is 3.04 bits per heavy atom. The summed E-state index contributed by atoms with van der Waals surface area (Å²) in [5.41, 5.74) is 2.17. The van der Waals surface area contributed by atoms with Crippen LogP contribution in [0.5, 0.6) is 0 Å². The van der Waals surface area contributed by atoms with Crippen molar-refractivity contribution in [3.8, 4) is 0 Å². The number of hydrogen-bond acceptors (Lipinski definition) is 4. The van der Waals surface area contributed by atoms with Crippen LogP contribution in [0.25, 0.3) is 0 Å². The maximum Gasteiger partial charge on any atom is 0.222 e. The van der Waals surface area contributed by atoms with Crippen LogP contribution >= 0.6 is 0 Å². The molecule has 3 rings (SSSR count). The summed E-state index contributed by atoms with van der Waals surface area (Å²) < 4.78 is 0. The molecule has 120 valence electrons. The Hall–Kier alpha value is -2.30. The molecule has 2 aromatic rings. The maximum atomic E-state index is 12.5. The van der Waals surface area contributed by atoms with Gasteiger partial charge in [-0.25, -0.2) is 9.97 Å². The van der Waals surface area contributed by atoms with Crippen LogP contribution in [0.1, 0.15) is 42.3 Å². The van der Waals surface area contributed by atoms with Gasteiger partial charge in [0.05, 0.1) is 0 Å². The van der Waals surface area contributed by atoms with Gasteiger partial charge in [0.15, 0.2) is 0 Å². The van der Waals surface area contributed by atoms with Crippen LogP contribution in [-0.2, 0) is 11.2 Å². The summed E-state index contributed by atoms with van der Waals surface area (Å²) in [5.74, 6) is 1.35. The molecule has 5 heteroatoms. The summed E-state index contributed by atoms with van der Waals surface area (Å²) >= 11 is 0. The summed E-state index contributed by atoms with van der Waals surface area (Å²) in [5, 5.41) is 0. The van der Waals surface area contributed by atoms with Gasteiger partial charge in [-0.2, -0.15) is 0 Å². The van der Waals surface area contributed by atoms with E-state index < -0.39 is 0 Å². The molecule has 1 aliphatic heterocycles. The van der Waals surface area contributed by atoms with Gasteiger partial charge in [-0.3, -0.25) is 9.78 Å². The molecular weight excluding hydrogens is 288 g/mol. The molecule has 0 bridgehead atoms. The third kappa shape index (κ3) is 4.12.